The average molecular weight is 431 g/mol. The molecule has 2 aromatic rings. The lowest BCUT2D eigenvalue weighted by atomic mass is 10.0. The lowest BCUT2D eigenvalue weighted by Crippen LogP contribution is -2.47. The van der Waals surface area contributed by atoms with E-state index in [9.17, 15) is 9.59 Å². The second-order valence-electron chi connectivity index (χ2n) is 8.71. The molecule has 0 spiro atoms. The summed E-state index contributed by atoms with van der Waals surface area (Å²) in [5.74, 6) is -0.226. The van der Waals surface area contributed by atoms with Crippen LogP contribution in [0.2, 0.25) is 5.02 Å². The molecule has 0 aromatic heterocycles. The van der Waals surface area contributed by atoms with Gasteiger partial charge in [-0.05, 0) is 76.6 Å². The van der Waals surface area contributed by atoms with Gasteiger partial charge in [0.15, 0.2) is 0 Å². The summed E-state index contributed by atoms with van der Waals surface area (Å²) in [6.07, 6.45) is -0.431. The molecule has 1 heterocycles. The van der Waals surface area contributed by atoms with E-state index in [4.69, 9.17) is 21.1 Å². The van der Waals surface area contributed by atoms with Gasteiger partial charge in [-0.2, -0.15) is 0 Å². The first-order valence-corrected chi connectivity index (χ1v) is 10.2. The third-order valence-electron chi connectivity index (χ3n) is 4.74. The van der Waals surface area contributed by atoms with E-state index in [1.807, 2.05) is 46.8 Å². The molecule has 1 atom stereocenters. The van der Waals surface area contributed by atoms with E-state index in [2.05, 4.69) is 5.32 Å². The van der Waals surface area contributed by atoms with Crippen LogP contribution in [0.3, 0.4) is 0 Å². The highest BCUT2D eigenvalue weighted by Crippen LogP contribution is 2.38. The van der Waals surface area contributed by atoms with E-state index >= 15 is 0 Å². The van der Waals surface area contributed by atoms with Crippen molar-refractivity contribution in [3.8, 4) is 0 Å². The van der Waals surface area contributed by atoms with Crippen molar-refractivity contribution in [2.45, 2.75) is 52.0 Å². The molecule has 1 unspecified atom stereocenters. The molecular weight excluding hydrogens is 404 g/mol. The molecule has 0 saturated carbocycles. The van der Waals surface area contributed by atoms with Gasteiger partial charge < -0.3 is 14.8 Å². The Labute approximate surface area is 182 Å². The van der Waals surface area contributed by atoms with Gasteiger partial charge in [0.05, 0.1) is 12.6 Å². The SMILES string of the molecule is CC(C)(C)OC(=O)N1C(c2ccc(C(=O)Nc3ccc(Cl)cc3)cc2)COC1(C)C. The van der Waals surface area contributed by atoms with Crippen molar-refractivity contribution in [1.82, 2.24) is 4.90 Å². The fraction of sp³-hybridized carbons (Fsp3) is 0.391. The van der Waals surface area contributed by atoms with Crippen LogP contribution >= 0.6 is 11.6 Å². The molecule has 160 valence electrons. The third-order valence-corrected chi connectivity index (χ3v) is 4.99. The Kier molecular flexibility index (Phi) is 6.11. The van der Waals surface area contributed by atoms with Gasteiger partial charge in [-0.25, -0.2) is 4.79 Å². The summed E-state index contributed by atoms with van der Waals surface area (Å²) in [6, 6.07) is 13.8. The largest absolute Gasteiger partial charge is 0.444 e. The number of rotatable bonds is 3. The summed E-state index contributed by atoms with van der Waals surface area (Å²) in [4.78, 5) is 26.9. The Balaban J connectivity index is 1.76. The fourth-order valence-corrected chi connectivity index (χ4v) is 3.42. The Hall–Kier alpha value is -2.57. The zero-order chi connectivity index (χ0) is 22.1. The van der Waals surface area contributed by atoms with E-state index in [-0.39, 0.29) is 11.9 Å². The van der Waals surface area contributed by atoms with Crippen LogP contribution in [0.4, 0.5) is 10.5 Å². The van der Waals surface area contributed by atoms with Crippen molar-refractivity contribution < 1.29 is 19.1 Å². The molecule has 30 heavy (non-hydrogen) atoms. The van der Waals surface area contributed by atoms with Crippen LogP contribution in [0.15, 0.2) is 48.5 Å². The van der Waals surface area contributed by atoms with Crippen LogP contribution in [0.1, 0.15) is 56.6 Å². The number of hydrogen-bond donors (Lipinski definition) is 1. The summed E-state index contributed by atoms with van der Waals surface area (Å²) < 4.78 is 11.4. The minimum Gasteiger partial charge on any atom is -0.444 e. The molecule has 1 aliphatic rings. The average Bonchev–Trinajstić information content (AvgIpc) is 2.97. The number of hydrogen-bond acceptors (Lipinski definition) is 4. The molecular formula is C23H27ClN2O4. The molecule has 1 N–H and O–H groups in total. The quantitative estimate of drug-likeness (QED) is 0.684. The lowest BCUT2D eigenvalue weighted by Gasteiger charge is -2.35. The standard InChI is InChI=1S/C23H27ClN2O4/c1-22(2,3)30-21(28)26-19(14-29-23(26,4)5)15-6-8-16(9-7-15)20(27)25-18-12-10-17(24)11-13-18/h6-13,19H,14H2,1-5H3,(H,25,27). The highest BCUT2D eigenvalue weighted by Gasteiger charge is 2.46. The van der Waals surface area contributed by atoms with Crippen molar-refractivity contribution in [2.75, 3.05) is 11.9 Å². The van der Waals surface area contributed by atoms with Gasteiger partial charge in [-0.1, -0.05) is 23.7 Å². The third kappa shape index (κ3) is 5.12. The number of ether oxygens (including phenoxy) is 2. The first kappa shape index (κ1) is 22.1. The molecule has 2 aromatic carbocycles. The lowest BCUT2D eigenvalue weighted by molar-refractivity contribution is -0.0626. The van der Waals surface area contributed by atoms with Crippen molar-refractivity contribution in [2.24, 2.45) is 0 Å². The van der Waals surface area contributed by atoms with Crippen molar-refractivity contribution in [3.63, 3.8) is 0 Å². The van der Waals surface area contributed by atoms with Crippen LogP contribution in [0.5, 0.6) is 0 Å². The molecule has 6 nitrogen and oxygen atoms in total. The number of halogens is 1. The number of nitrogens with zero attached hydrogens (tertiary/aromatic N) is 1. The van der Waals surface area contributed by atoms with Crippen LogP contribution < -0.4 is 5.32 Å². The maximum Gasteiger partial charge on any atom is 0.413 e. The second-order valence-corrected chi connectivity index (χ2v) is 9.14. The highest BCUT2D eigenvalue weighted by molar-refractivity contribution is 6.30. The topological polar surface area (TPSA) is 67.9 Å². The highest BCUT2D eigenvalue weighted by atomic mass is 35.5. The maximum atomic E-state index is 12.8. The normalized spacial score (nSPS) is 18.2. The Morgan fingerprint density at radius 3 is 2.27 bits per heavy atom. The van der Waals surface area contributed by atoms with E-state index < -0.39 is 17.4 Å². The molecule has 0 bridgehead atoms. The summed E-state index contributed by atoms with van der Waals surface area (Å²) >= 11 is 5.87. The van der Waals surface area contributed by atoms with Gasteiger partial charge in [-0.15, -0.1) is 0 Å². The van der Waals surface area contributed by atoms with Gasteiger partial charge in [0.1, 0.15) is 11.3 Å². The minimum absolute atomic E-state index is 0.226. The molecule has 0 aliphatic carbocycles. The molecule has 7 heteroatoms. The number of anilines is 1. The van der Waals surface area contributed by atoms with Gasteiger partial charge >= 0.3 is 6.09 Å². The summed E-state index contributed by atoms with van der Waals surface area (Å²) in [7, 11) is 0. The van der Waals surface area contributed by atoms with E-state index in [0.717, 1.165) is 5.56 Å². The number of nitrogens with one attached hydrogen (secondary N) is 1. The smallest absolute Gasteiger partial charge is 0.413 e. The molecule has 0 radical (unpaired) electrons. The van der Waals surface area contributed by atoms with E-state index in [1.165, 1.54) is 0 Å². The van der Waals surface area contributed by atoms with Gasteiger partial charge in [0.2, 0.25) is 0 Å². The van der Waals surface area contributed by atoms with Gasteiger partial charge in [0.25, 0.3) is 5.91 Å². The number of carbonyl (C=O) groups is 2. The summed E-state index contributed by atoms with van der Waals surface area (Å²) in [5.41, 5.74) is 0.641. The monoisotopic (exact) mass is 430 g/mol. The van der Waals surface area contributed by atoms with Crippen LogP contribution in [0.25, 0.3) is 0 Å². The van der Waals surface area contributed by atoms with Crippen LogP contribution in [-0.4, -0.2) is 34.8 Å². The molecule has 1 aliphatic heterocycles. The maximum absolute atomic E-state index is 12.8. The van der Waals surface area contributed by atoms with E-state index in [0.29, 0.717) is 22.9 Å². The Morgan fingerprint density at radius 2 is 1.70 bits per heavy atom. The summed E-state index contributed by atoms with van der Waals surface area (Å²) in [5, 5.41) is 3.44. The predicted molar refractivity (Wildman–Crippen MR) is 117 cm³/mol. The Bertz CT molecular complexity index is 918. The van der Waals surface area contributed by atoms with Crippen molar-refractivity contribution >= 4 is 29.3 Å². The molecule has 3 rings (SSSR count). The molecule has 2 amide bonds. The van der Waals surface area contributed by atoms with Gasteiger partial charge in [-0.3, -0.25) is 9.69 Å². The van der Waals surface area contributed by atoms with Crippen LogP contribution in [0, 0.1) is 0 Å². The van der Waals surface area contributed by atoms with Gasteiger partial charge in [0, 0.05) is 16.3 Å². The number of carbonyl (C=O) groups excluding carboxylic acids is 2. The van der Waals surface area contributed by atoms with Crippen molar-refractivity contribution in [3.05, 3.63) is 64.7 Å². The van der Waals surface area contributed by atoms with E-state index in [1.54, 1.807) is 41.3 Å². The minimum atomic E-state index is -0.794. The molecule has 1 fully saturated rings. The molecule has 1 saturated heterocycles. The predicted octanol–water partition coefficient (Wildman–Crippen LogP) is 5.64. The van der Waals surface area contributed by atoms with Crippen LogP contribution in [-0.2, 0) is 9.47 Å². The zero-order valence-electron chi connectivity index (χ0n) is 17.9. The summed E-state index contributed by atoms with van der Waals surface area (Å²) in [6.45, 7) is 9.52. The first-order valence-electron chi connectivity index (χ1n) is 9.79. The fourth-order valence-electron chi connectivity index (χ4n) is 3.30. The number of amides is 2. The second kappa shape index (κ2) is 8.28. The van der Waals surface area contributed by atoms with Crippen molar-refractivity contribution in [1.29, 1.82) is 0 Å². The zero-order valence-corrected chi connectivity index (χ0v) is 18.6. The Morgan fingerprint density at radius 1 is 1.10 bits per heavy atom. The first-order chi connectivity index (χ1) is 14.0. The number of benzene rings is 2.